The number of nitrogens with zero attached hydrogens (tertiary/aromatic N) is 1. The van der Waals surface area contributed by atoms with Gasteiger partial charge in [0.2, 0.25) is 0 Å². The second-order valence-corrected chi connectivity index (χ2v) is 4.33. The Morgan fingerprint density at radius 3 is 2.65 bits per heavy atom. The molecule has 4 nitrogen and oxygen atoms in total. The van der Waals surface area contributed by atoms with Crippen molar-refractivity contribution >= 4 is 17.3 Å². The number of carbonyl (C=O) groups is 1. The van der Waals surface area contributed by atoms with Crippen LogP contribution in [0.4, 0.5) is 15.8 Å². The maximum absolute atomic E-state index is 13.7. The van der Waals surface area contributed by atoms with Crippen molar-refractivity contribution in [3.8, 4) is 6.07 Å². The Hall–Kier alpha value is -2.87. The number of anilines is 2. The van der Waals surface area contributed by atoms with Crippen LogP contribution in [0.5, 0.6) is 0 Å². The van der Waals surface area contributed by atoms with Gasteiger partial charge in [-0.2, -0.15) is 5.26 Å². The standard InChI is InChI=1S/C15H12FN3O/c1-9-6-11(3-4-13(9)18)15(20)19-14-5-2-10(8-17)7-12(14)16/h2-7H,18H2,1H3,(H,19,20). The van der Waals surface area contributed by atoms with E-state index in [9.17, 15) is 9.18 Å². The summed E-state index contributed by atoms with van der Waals surface area (Å²) in [5.74, 6) is -1.08. The first-order chi connectivity index (χ1) is 9.51. The van der Waals surface area contributed by atoms with Crippen LogP contribution in [0.25, 0.3) is 0 Å². The molecule has 5 heteroatoms. The van der Waals surface area contributed by atoms with Crippen molar-refractivity contribution in [2.24, 2.45) is 0 Å². The van der Waals surface area contributed by atoms with Crippen LogP contribution in [0.2, 0.25) is 0 Å². The lowest BCUT2D eigenvalue weighted by Crippen LogP contribution is -2.13. The molecule has 0 unspecified atom stereocenters. The highest BCUT2D eigenvalue weighted by Gasteiger charge is 2.10. The van der Waals surface area contributed by atoms with Gasteiger partial charge in [-0.1, -0.05) is 0 Å². The summed E-state index contributed by atoms with van der Waals surface area (Å²) in [7, 11) is 0. The Kier molecular flexibility index (Phi) is 3.67. The minimum Gasteiger partial charge on any atom is -0.399 e. The molecule has 100 valence electrons. The number of carbonyl (C=O) groups excluding carboxylic acids is 1. The zero-order valence-electron chi connectivity index (χ0n) is 10.8. The van der Waals surface area contributed by atoms with Crippen LogP contribution < -0.4 is 11.1 Å². The number of aryl methyl sites for hydroxylation is 1. The van der Waals surface area contributed by atoms with E-state index in [0.717, 1.165) is 11.6 Å². The van der Waals surface area contributed by atoms with Crippen molar-refractivity contribution in [2.45, 2.75) is 6.92 Å². The normalized spacial score (nSPS) is 9.85. The summed E-state index contributed by atoms with van der Waals surface area (Å²) in [4.78, 5) is 12.0. The first-order valence-electron chi connectivity index (χ1n) is 5.88. The minimum atomic E-state index is -0.649. The molecule has 0 atom stereocenters. The van der Waals surface area contributed by atoms with E-state index in [1.54, 1.807) is 25.1 Å². The summed E-state index contributed by atoms with van der Waals surface area (Å²) in [5, 5.41) is 11.1. The number of amides is 1. The summed E-state index contributed by atoms with van der Waals surface area (Å²) in [6, 6.07) is 10.5. The average Bonchev–Trinajstić information content (AvgIpc) is 2.43. The third-order valence-corrected chi connectivity index (χ3v) is 2.88. The molecule has 3 N–H and O–H groups in total. The van der Waals surface area contributed by atoms with Crippen molar-refractivity contribution in [1.29, 1.82) is 5.26 Å². The quantitative estimate of drug-likeness (QED) is 0.823. The molecule has 0 spiro atoms. The fraction of sp³-hybridized carbons (Fsp3) is 0.0667. The number of nitrogens with one attached hydrogen (secondary N) is 1. The molecule has 1 amide bonds. The Morgan fingerprint density at radius 2 is 2.05 bits per heavy atom. The first-order valence-corrected chi connectivity index (χ1v) is 5.88. The van der Waals surface area contributed by atoms with Gasteiger partial charge in [0.25, 0.3) is 5.91 Å². The van der Waals surface area contributed by atoms with Gasteiger partial charge in [-0.15, -0.1) is 0 Å². The maximum atomic E-state index is 13.7. The van der Waals surface area contributed by atoms with Gasteiger partial charge in [0.1, 0.15) is 5.82 Å². The van der Waals surface area contributed by atoms with Crippen LogP contribution in [0.15, 0.2) is 36.4 Å². The van der Waals surface area contributed by atoms with Gasteiger partial charge in [-0.3, -0.25) is 4.79 Å². The number of halogens is 1. The van der Waals surface area contributed by atoms with Gasteiger partial charge in [-0.05, 0) is 48.9 Å². The van der Waals surface area contributed by atoms with E-state index in [1.165, 1.54) is 12.1 Å². The molecule has 0 aliphatic carbocycles. The third-order valence-electron chi connectivity index (χ3n) is 2.88. The van der Waals surface area contributed by atoms with E-state index in [-0.39, 0.29) is 11.3 Å². The zero-order chi connectivity index (χ0) is 14.7. The van der Waals surface area contributed by atoms with Crippen molar-refractivity contribution in [2.75, 3.05) is 11.1 Å². The van der Waals surface area contributed by atoms with E-state index in [1.807, 2.05) is 6.07 Å². The summed E-state index contributed by atoms with van der Waals surface area (Å²) in [6.07, 6.45) is 0. The molecule has 0 heterocycles. The highest BCUT2D eigenvalue weighted by Crippen LogP contribution is 2.18. The van der Waals surface area contributed by atoms with E-state index in [0.29, 0.717) is 11.3 Å². The van der Waals surface area contributed by atoms with Crippen molar-refractivity contribution in [3.63, 3.8) is 0 Å². The fourth-order valence-electron chi connectivity index (χ4n) is 1.70. The molecular formula is C15H12FN3O. The lowest BCUT2D eigenvalue weighted by Gasteiger charge is -2.08. The monoisotopic (exact) mass is 269 g/mol. The Bertz CT molecular complexity index is 720. The summed E-state index contributed by atoms with van der Waals surface area (Å²) in [6.45, 7) is 1.79. The van der Waals surface area contributed by atoms with Gasteiger partial charge in [0, 0.05) is 11.3 Å². The lowest BCUT2D eigenvalue weighted by molar-refractivity contribution is 0.102. The van der Waals surface area contributed by atoms with Gasteiger partial charge in [-0.25, -0.2) is 4.39 Å². The topological polar surface area (TPSA) is 78.9 Å². The van der Waals surface area contributed by atoms with Crippen molar-refractivity contribution < 1.29 is 9.18 Å². The number of nitriles is 1. The number of nitrogen functional groups attached to an aromatic ring is 1. The van der Waals surface area contributed by atoms with Crippen LogP contribution in [0.3, 0.4) is 0 Å². The zero-order valence-corrected chi connectivity index (χ0v) is 10.8. The highest BCUT2D eigenvalue weighted by molar-refractivity contribution is 6.04. The van der Waals surface area contributed by atoms with Crippen LogP contribution in [0.1, 0.15) is 21.5 Å². The van der Waals surface area contributed by atoms with Gasteiger partial charge in [0.15, 0.2) is 0 Å². The molecule has 0 saturated carbocycles. The number of hydrogen-bond acceptors (Lipinski definition) is 3. The van der Waals surface area contributed by atoms with Crippen LogP contribution >= 0.6 is 0 Å². The van der Waals surface area contributed by atoms with Crippen LogP contribution in [-0.4, -0.2) is 5.91 Å². The average molecular weight is 269 g/mol. The lowest BCUT2D eigenvalue weighted by atomic mass is 10.1. The summed E-state index contributed by atoms with van der Waals surface area (Å²) in [5.41, 5.74) is 7.66. The van der Waals surface area contributed by atoms with Gasteiger partial charge < -0.3 is 11.1 Å². The Labute approximate surface area is 115 Å². The molecule has 20 heavy (non-hydrogen) atoms. The molecular weight excluding hydrogens is 257 g/mol. The molecule has 0 radical (unpaired) electrons. The predicted molar refractivity (Wildman–Crippen MR) is 74.7 cm³/mol. The predicted octanol–water partition coefficient (Wildman–Crippen LogP) is 2.84. The number of rotatable bonds is 2. The molecule has 0 aromatic heterocycles. The number of hydrogen-bond donors (Lipinski definition) is 2. The molecule has 0 aliphatic heterocycles. The van der Waals surface area contributed by atoms with Gasteiger partial charge in [0.05, 0.1) is 17.3 Å². The van der Waals surface area contributed by atoms with Crippen molar-refractivity contribution in [3.05, 3.63) is 58.9 Å². The molecule has 0 bridgehead atoms. The summed E-state index contributed by atoms with van der Waals surface area (Å²) < 4.78 is 13.7. The van der Waals surface area contributed by atoms with Crippen molar-refractivity contribution in [1.82, 2.24) is 0 Å². The highest BCUT2D eigenvalue weighted by atomic mass is 19.1. The SMILES string of the molecule is Cc1cc(C(=O)Nc2ccc(C#N)cc2F)ccc1N. The molecule has 0 saturated heterocycles. The second kappa shape index (κ2) is 5.41. The first kappa shape index (κ1) is 13.6. The molecule has 0 aliphatic rings. The van der Waals surface area contributed by atoms with E-state index in [4.69, 9.17) is 11.0 Å². The number of benzene rings is 2. The Balaban J connectivity index is 2.23. The van der Waals surface area contributed by atoms with E-state index >= 15 is 0 Å². The largest absolute Gasteiger partial charge is 0.399 e. The molecule has 2 aromatic carbocycles. The Morgan fingerprint density at radius 1 is 1.30 bits per heavy atom. The van der Waals surface area contributed by atoms with E-state index in [2.05, 4.69) is 5.32 Å². The van der Waals surface area contributed by atoms with Crippen LogP contribution in [-0.2, 0) is 0 Å². The minimum absolute atomic E-state index is 0.0310. The number of nitrogens with two attached hydrogens (primary N) is 1. The fourth-order valence-corrected chi connectivity index (χ4v) is 1.70. The smallest absolute Gasteiger partial charge is 0.255 e. The molecule has 0 fully saturated rings. The van der Waals surface area contributed by atoms with E-state index < -0.39 is 11.7 Å². The maximum Gasteiger partial charge on any atom is 0.255 e. The second-order valence-electron chi connectivity index (χ2n) is 4.33. The third kappa shape index (κ3) is 2.75. The summed E-state index contributed by atoms with van der Waals surface area (Å²) >= 11 is 0. The van der Waals surface area contributed by atoms with Crippen LogP contribution in [0, 0.1) is 24.1 Å². The molecule has 2 aromatic rings. The molecule has 2 rings (SSSR count). The van der Waals surface area contributed by atoms with Gasteiger partial charge >= 0.3 is 0 Å².